The van der Waals surface area contributed by atoms with E-state index in [0.29, 0.717) is 9.90 Å². The Morgan fingerprint density at radius 2 is 2.04 bits per heavy atom. The summed E-state index contributed by atoms with van der Waals surface area (Å²) in [6.07, 6.45) is -4.58. The van der Waals surface area contributed by atoms with E-state index in [1.807, 2.05) is 0 Å². The molecule has 2 rings (SSSR count). The fourth-order valence-electron chi connectivity index (χ4n) is 1.83. The number of amides is 2. The Kier molecular flexibility index (Phi) is 6.48. The Labute approximate surface area is 154 Å². The molecular weight excluding hydrogens is 391 g/mol. The van der Waals surface area contributed by atoms with Crippen LogP contribution in [0.1, 0.15) is 11.3 Å². The molecule has 0 aliphatic heterocycles. The number of nitrogens with zero attached hydrogens (tertiary/aromatic N) is 1. The van der Waals surface area contributed by atoms with Gasteiger partial charge in [-0.2, -0.15) is 13.2 Å². The van der Waals surface area contributed by atoms with Gasteiger partial charge < -0.3 is 10.5 Å². The van der Waals surface area contributed by atoms with Gasteiger partial charge in [0.15, 0.2) is 11.7 Å². The highest BCUT2D eigenvalue weighted by Crippen LogP contribution is 2.36. The SMILES string of the molecule is Cc1nc(NC(=O)COc2ccccc2C(F)(F)F)sc1SCC(N)=O. The van der Waals surface area contributed by atoms with Crippen LogP contribution in [0.2, 0.25) is 0 Å². The fraction of sp³-hybridized carbons (Fsp3) is 0.267. The Hall–Kier alpha value is -2.27. The molecule has 0 fully saturated rings. The van der Waals surface area contributed by atoms with E-state index in [1.165, 1.54) is 23.9 Å². The van der Waals surface area contributed by atoms with Crippen LogP contribution < -0.4 is 15.8 Å². The van der Waals surface area contributed by atoms with Crippen LogP contribution in [0.3, 0.4) is 0 Å². The molecule has 3 N–H and O–H groups in total. The Balaban J connectivity index is 1.96. The number of hydrogen-bond acceptors (Lipinski definition) is 6. The number of nitrogens with two attached hydrogens (primary N) is 1. The normalized spacial score (nSPS) is 11.2. The van der Waals surface area contributed by atoms with Crippen molar-refractivity contribution in [3.8, 4) is 5.75 Å². The number of para-hydroxylation sites is 1. The third-order valence-corrected chi connectivity index (χ3v) is 5.35. The van der Waals surface area contributed by atoms with Crippen molar-refractivity contribution in [1.29, 1.82) is 0 Å². The lowest BCUT2D eigenvalue weighted by Gasteiger charge is -2.13. The molecule has 26 heavy (non-hydrogen) atoms. The summed E-state index contributed by atoms with van der Waals surface area (Å²) in [5.41, 5.74) is 4.73. The number of carbonyl (C=O) groups excluding carboxylic acids is 2. The second-order valence-electron chi connectivity index (χ2n) is 4.98. The zero-order valence-corrected chi connectivity index (χ0v) is 15.1. The molecule has 0 aliphatic rings. The van der Waals surface area contributed by atoms with E-state index in [2.05, 4.69) is 10.3 Å². The van der Waals surface area contributed by atoms with Crippen molar-refractivity contribution in [2.45, 2.75) is 17.3 Å². The van der Waals surface area contributed by atoms with E-state index in [0.717, 1.165) is 23.5 Å². The molecule has 1 heterocycles. The molecule has 0 aliphatic carbocycles. The predicted molar refractivity (Wildman–Crippen MR) is 92.3 cm³/mol. The van der Waals surface area contributed by atoms with Gasteiger partial charge >= 0.3 is 6.18 Å². The standard InChI is InChI=1S/C15H14F3N3O3S2/c1-8-13(25-7-11(19)22)26-14(20-8)21-12(23)6-24-10-5-3-2-4-9(10)15(16,17)18/h2-5H,6-7H2,1H3,(H2,19,22)(H,20,21,23). The van der Waals surface area contributed by atoms with Crippen LogP contribution >= 0.6 is 23.1 Å². The van der Waals surface area contributed by atoms with E-state index in [4.69, 9.17) is 10.5 Å². The minimum Gasteiger partial charge on any atom is -0.483 e. The molecule has 0 unspecified atom stereocenters. The molecule has 11 heteroatoms. The smallest absolute Gasteiger partial charge is 0.419 e. The van der Waals surface area contributed by atoms with Crippen LogP contribution in [0.5, 0.6) is 5.75 Å². The lowest BCUT2D eigenvalue weighted by Crippen LogP contribution is -2.21. The van der Waals surface area contributed by atoms with Crippen molar-refractivity contribution in [3.63, 3.8) is 0 Å². The second kappa shape index (κ2) is 8.41. The molecule has 1 aromatic heterocycles. The average Bonchev–Trinajstić information content (AvgIpc) is 2.89. The molecule has 0 atom stereocenters. The van der Waals surface area contributed by atoms with Crippen LogP contribution in [-0.4, -0.2) is 29.2 Å². The van der Waals surface area contributed by atoms with Gasteiger partial charge in [-0.25, -0.2) is 4.98 Å². The summed E-state index contributed by atoms with van der Waals surface area (Å²) >= 11 is 2.33. The quantitative estimate of drug-likeness (QED) is 0.691. The number of alkyl halides is 3. The molecule has 1 aromatic carbocycles. The molecule has 0 saturated carbocycles. The minimum absolute atomic E-state index is 0.0771. The average molecular weight is 405 g/mol. The van der Waals surface area contributed by atoms with Crippen molar-refractivity contribution < 1.29 is 27.5 Å². The zero-order chi connectivity index (χ0) is 19.3. The number of nitrogens with one attached hydrogen (secondary N) is 1. The van der Waals surface area contributed by atoms with Crippen molar-refractivity contribution >= 4 is 40.0 Å². The molecule has 0 saturated heterocycles. The Bertz CT molecular complexity index is 809. The topological polar surface area (TPSA) is 94.3 Å². The Morgan fingerprint density at radius 1 is 1.35 bits per heavy atom. The van der Waals surface area contributed by atoms with Crippen LogP contribution in [0, 0.1) is 6.92 Å². The first-order chi connectivity index (χ1) is 12.2. The second-order valence-corrected chi connectivity index (χ2v) is 7.22. The molecule has 2 amide bonds. The summed E-state index contributed by atoms with van der Waals surface area (Å²) in [6.45, 7) is 1.10. The number of aryl methyl sites for hydroxylation is 1. The van der Waals surface area contributed by atoms with Crippen molar-refractivity contribution in [2.75, 3.05) is 17.7 Å². The largest absolute Gasteiger partial charge is 0.483 e. The van der Waals surface area contributed by atoms with E-state index in [1.54, 1.807) is 6.92 Å². The van der Waals surface area contributed by atoms with E-state index in [-0.39, 0.29) is 10.9 Å². The highest BCUT2D eigenvalue weighted by molar-refractivity contribution is 8.01. The van der Waals surface area contributed by atoms with Gasteiger partial charge in [0.25, 0.3) is 5.91 Å². The monoisotopic (exact) mass is 405 g/mol. The summed E-state index contributed by atoms with van der Waals surface area (Å²) in [4.78, 5) is 26.8. The van der Waals surface area contributed by atoms with Gasteiger partial charge in [-0.15, -0.1) is 11.8 Å². The molecule has 6 nitrogen and oxygen atoms in total. The summed E-state index contributed by atoms with van der Waals surface area (Å²) in [5, 5.41) is 2.71. The summed E-state index contributed by atoms with van der Waals surface area (Å²) in [7, 11) is 0. The number of halogens is 3. The molecule has 0 radical (unpaired) electrons. The number of benzene rings is 1. The predicted octanol–water partition coefficient (Wildman–Crippen LogP) is 3.07. The van der Waals surface area contributed by atoms with Gasteiger partial charge in [0.2, 0.25) is 5.91 Å². The van der Waals surface area contributed by atoms with Gasteiger partial charge in [0.1, 0.15) is 5.75 Å². The fourth-order valence-corrected chi connectivity index (χ4v) is 3.73. The molecule has 140 valence electrons. The number of ether oxygens (including phenoxy) is 1. The lowest BCUT2D eigenvalue weighted by atomic mass is 10.2. The summed E-state index contributed by atoms with van der Waals surface area (Å²) in [5.74, 6) is -1.48. The number of primary amides is 1. The van der Waals surface area contributed by atoms with Crippen LogP contribution in [0.15, 0.2) is 28.5 Å². The van der Waals surface area contributed by atoms with Gasteiger partial charge in [0, 0.05) is 0 Å². The highest BCUT2D eigenvalue weighted by Gasteiger charge is 2.34. The minimum atomic E-state index is -4.58. The maximum Gasteiger partial charge on any atom is 0.419 e. The lowest BCUT2D eigenvalue weighted by molar-refractivity contribution is -0.139. The number of aromatic nitrogens is 1. The first-order valence-corrected chi connectivity index (χ1v) is 8.94. The Morgan fingerprint density at radius 3 is 2.69 bits per heavy atom. The van der Waals surface area contributed by atoms with Crippen molar-refractivity contribution in [2.24, 2.45) is 5.73 Å². The van der Waals surface area contributed by atoms with Crippen LogP contribution in [0.4, 0.5) is 18.3 Å². The molecule has 0 spiro atoms. The van der Waals surface area contributed by atoms with Gasteiger partial charge in [-0.1, -0.05) is 23.5 Å². The van der Waals surface area contributed by atoms with Crippen LogP contribution in [-0.2, 0) is 15.8 Å². The van der Waals surface area contributed by atoms with Gasteiger partial charge in [0.05, 0.1) is 21.2 Å². The third-order valence-electron chi connectivity index (χ3n) is 2.90. The van der Waals surface area contributed by atoms with Crippen molar-refractivity contribution in [1.82, 2.24) is 4.98 Å². The maximum absolute atomic E-state index is 12.9. The number of hydrogen-bond donors (Lipinski definition) is 2. The van der Waals surface area contributed by atoms with E-state index in [9.17, 15) is 22.8 Å². The van der Waals surface area contributed by atoms with Crippen molar-refractivity contribution in [3.05, 3.63) is 35.5 Å². The van der Waals surface area contributed by atoms with Gasteiger partial charge in [-0.3, -0.25) is 14.9 Å². The zero-order valence-electron chi connectivity index (χ0n) is 13.4. The van der Waals surface area contributed by atoms with E-state index >= 15 is 0 Å². The first kappa shape index (κ1) is 20.0. The number of carbonyl (C=O) groups is 2. The summed E-state index contributed by atoms with van der Waals surface area (Å²) in [6, 6.07) is 4.64. The number of thiazole rings is 1. The number of rotatable bonds is 7. The number of anilines is 1. The number of thioether (sulfide) groups is 1. The van der Waals surface area contributed by atoms with Crippen LogP contribution in [0.25, 0.3) is 0 Å². The van der Waals surface area contributed by atoms with Gasteiger partial charge in [-0.05, 0) is 19.1 Å². The maximum atomic E-state index is 12.9. The molecule has 2 aromatic rings. The summed E-state index contributed by atoms with van der Waals surface area (Å²) < 4.78 is 44.3. The van der Waals surface area contributed by atoms with E-state index < -0.39 is 35.9 Å². The third kappa shape index (κ3) is 5.63. The highest BCUT2D eigenvalue weighted by atomic mass is 32.2. The molecular formula is C15H14F3N3O3S2. The first-order valence-electron chi connectivity index (χ1n) is 7.14. The molecule has 0 bridgehead atoms.